The van der Waals surface area contributed by atoms with Crippen molar-refractivity contribution < 1.29 is 9.18 Å². The van der Waals surface area contributed by atoms with E-state index in [-0.39, 0.29) is 11.6 Å². The minimum absolute atomic E-state index is 0.000989. The molecule has 0 atom stereocenters. The minimum atomic E-state index is -0.287. The maximum Gasteiger partial charge on any atom is 0.197 e. The van der Waals surface area contributed by atoms with Crippen LogP contribution in [-0.4, -0.2) is 20.5 Å². The maximum absolute atomic E-state index is 13.5. The molecule has 0 unspecified atom stereocenters. The number of aromatic nitrogens is 3. The lowest BCUT2D eigenvalue weighted by molar-refractivity contribution is 0.104. The summed E-state index contributed by atoms with van der Waals surface area (Å²) in [5, 5.41) is 5.35. The Kier molecular flexibility index (Phi) is 2.92. The van der Waals surface area contributed by atoms with E-state index in [1.165, 1.54) is 12.1 Å². The van der Waals surface area contributed by atoms with Crippen molar-refractivity contribution in [1.29, 1.82) is 0 Å². The van der Waals surface area contributed by atoms with Gasteiger partial charge in [0.2, 0.25) is 0 Å². The van der Waals surface area contributed by atoms with Crippen LogP contribution in [0.1, 0.15) is 27.2 Å². The molecule has 0 amide bonds. The van der Waals surface area contributed by atoms with E-state index in [0.29, 0.717) is 28.2 Å². The SMILES string of the molecule is Cc1nn(-c2cc(C)c3cc(F)ccc3n2)c2c1C(=O)c1ccccc1-2. The summed E-state index contributed by atoms with van der Waals surface area (Å²) >= 11 is 0. The lowest BCUT2D eigenvalue weighted by Crippen LogP contribution is -2.03. The number of rotatable bonds is 1. The Balaban J connectivity index is 1.81. The average Bonchev–Trinajstić information content (AvgIpc) is 3.13. The molecule has 0 bridgehead atoms. The first-order chi connectivity index (χ1) is 12.5. The number of hydrogen-bond acceptors (Lipinski definition) is 3. The zero-order valence-electron chi connectivity index (χ0n) is 14.2. The molecular formula is C21H14FN3O. The number of hydrogen-bond donors (Lipinski definition) is 0. The Labute approximate surface area is 148 Å². The van der Waals surface area contributed by atoms with Crippen molar-refractivity contribution in [2.24, 2.45) is 0 Å². The quantitative estimate of drug-likeness (QED) is 0.453. The van der Waals surface area contributed by atoms with E-state index < -0.39 is 0 Å². The number of nitrogens with zero attached hydrogens (tertiary/aromatic N) is 3. The second-order valence-electron chi connectivity index (χ2n) is 6.55. The highest BCUT2D eigenvalue weighted by Crippen LogP contribution is 2.39. The van der Waals surface area contributed by atoms with Gasteiger partial charge >= 0.3 is 0 Å². The predicted molar refractivity (Wildman–Crippen MR) is 97.2 cm³/mol. The molecule has 0 aliphatic heterocycles. The number of pyridine rings is 1. The summed E-state index contributed by atoms with van der Waals surface area (Å²) in [4.78, 5) is 17.4. The van der Waals surface area contributed by atoms with Crippen LogP contribution in [0.15, 0.2) is 48.5 Å². The van der Waals surface area contributed by atoms with Crippen molar-refractivity contribution in [2.45, 2.75) is 13.8 Å². The van der Waals surface area contributed by atoms with Gasteiger partial charge in [-0.25, -0.2) is 14.1 Å². The van der Waals surface area contributed by atoms with Crippen LogP contribution in [0, 0.1) is 19.7 Å². The second-order valence-corrected chi connectivity index (χ2v) is 6.55. The van der Waals surface area contributed by atoms with Crippen molar-refractivity contribution in [2.75, 3.05) is 0 Å². The lowest BCUT2D eigenvalue weighted by atomic mass is 10.1. The second kappa shape index (κ2) is 5.08. The molecule has 26 heavy (non-hydrogen) atoms. The fraction of sp³-hybridized carbons (Fsp3) is 0.0952. The molecule has 2 aromatic heterocycles. The summed E-state index contributed by atoms with van der Waals surface area (Å²) in [6.45, 7) is 3.75. The number of fused-ring (bicyclic) bond motifs is 4. The highest BCUT2D eigenvalue weighted by molar-refractivity contribution is 6.21. The molecule has 1 aliphatic carbocycles. The van der Waals surface area contributed by atoms with E-state index in [9.17, 15) is 9.18 Å². The summed E-state index contributed by atoms with van der Waals surface area (Å²) in [5.74, 6) is 0.333. The van der Waals surface area contributed by atoms with E-state index in [1.807, 2.05) is 44.2 Å². The smallest absolute Gasteiger partial charge is 0.197 e. The minimum Gasteiger partial charge on any atom is -0.288 e. The molecule has 1 aliphatic rings. The number of aryl methyl sites for hydroxylation is 2. The van der Waals surface area contributed by atoms with E-state index in [1.54, 1.807) is 10.7 Å². The van der Waals surface area contributed by atoms with Crippen LogP contribution in [-0.2, 0) is 0 Å². The Hall–Kier alpha value is -3.34. The summed E-state index contributed by atoms with van der Waals surface area (Å²) in [5.41, 5.74) is 5.24. The molecule has 0 saturated carbocycles. The molecule has 4 aromatic rings. The third-order valence-corrected chi connectivity index (χ3v) is 4.90. The van der Waals surface area contributed by atoms with Crippen LogP contribution in [0.2, 0.25) is 0 Å². The Morgan fingerprint density at radius 2 is 1.77 bits per heavy atom. The van der Waals surface area contributed by atoms with Gasteiger partial charge < -0.3 is 0 Å². The van der Waals surface area contributed by atoms with Gasteiger partial charge in [-0.15, -0.1) is 0 Å². The first-order valence-corrected chi connectivity index (χ1v) is 8.35. The summed E-state index contributed by atoms with van der Waals surface area (Å²) in [6.07, 6.45) is 0. The van der Waals surface area contributed by atoms with Crippen molar-refractivity contribution in [1.82, 2.24) is 14.8 Å². The molecule has 0 saturated heterocycles. The summed E-state index contributed by atoms with van der Waals surface area (Å²) < 4.78 is 15.3. The Bertz CT molecular complexity index is 1240. The summed E-state index contributed by atoms with van der Waals surface area (Å²) in [7, 11) is 0. The van der Waals surface area contributed by atoms with Crippen LogP contribution in [0.5, 0.6) is 0 Å². The third-order valence-electron chi connectivity index (χ3n) is 4.90. The van der Waals surface area contributed by atoms with Gasteiger partial charge in [-0.2, -0.15) is 5.10 Å². The molecule has 2 aromatic carbocycles. The molecule has 0 fully saturated rings. The number of carbonyl (C=O) groups is 1. The van der Waals surface area contributed by atoms with Gasteiger partial charge in [0.15, 0.2) is 11.6 Å². The van der Waals surface area contributed by atoms with Gasteiger partial charge in [-0.1, -0.05) is 24.3 Å². The standard InChI is InChI=1S/C21H14FN3O/c1-11-9-18(23-17-8-7-13(22)10-16(11)17)25-20-14-5-3-4-6-15(14)21(26)19(20)12(2)24-25/h3-10H,1-2H3. The monoisotopic (exact) mass is 343 g/mol. The topological polar surface area (TPSA) is 47.8 Å². The Morgan fingerprint density at radius 3 is 2.58 bits per heavy atom. The highest BCUT2D eigenvalue weighted by Gasteiger charge is 2.33. The molecular weight excluding hydrogens is 329 g/mol. The fourth-order valence-corrected chi connectivity index (χ4v) is 3.69. The molecule has 5 heteroatoms. The normalized spacial score (nSPS) is 12.5. The van der Waals surface area contributed by atoms with Crippen molar-refractivity contribution in [3.05, 3.63) is 76.7 Å². The van der Waals surface area contributed by atoms with Gasteiger partial charge in [0.05, 0.1) is 22.5 Å². The number of carbonyl (C=O) groups excluding carboxylic acids is 1. The molecule has 0 spiro atoms. The van der Waals surface area contributed by atoms with Gasteiger partial charge in [-0.3, -0.25) is 4.79 Å². The highest BCUT2D eigenvalue weighted by atomic mass is 19.1. The molecule has 0 N–H and O–H groups in total. The van der Waals surface area contributed by atoms with Crippen LogP contribution in [0.4, 0.5) is 4.39 Å². The van der Waals surface area contributed by atoms with Crippen LogP contribution in [0.25, 0.3) is 28.0 Å². The van der Waals surface area contributed by atoms with Crippen LogP contribution in [0.3, 0.4) is 0 Å². The molecule has 126 valence electrons. The zero-order valence-corrected chi connectivity index (χ0v) is 14.2. The molecule has 4 nitrogen and oxygen atoms in total. The molecule has 2 heterocycles. The van der Waals surface area contributed by atoms with Gasteiger partial charge in [-0.05, 0) is 43.7 Å². The van der Waals surface area contributed by atoms with E-state index in [0.717, 1.165) is 22.2 Å². The van der Waals surface area contributed by atoms with Gasteiger partial charge in [0.1, 0.15) is 5.82 Å². The van der Waals surface area contributed by atoms with Crippen LogP contribution >= 0.6 is 0 Å². The van der Waals surface area contributed by atoms with Crippen LogP contribution < -0.4 is 0 Å². The van der Waals surface area contributed by atoms with E-state index in [2.05, 4.69) is 10.1 Å². The molecule has 0 radical (unpaired) electrons. The van der Waals surface area contributed by atoms with Crippen molar-refractivity contribution in [3.63, 3.8) is 0 Å². The fourth-order valence-electron chi connectivity index (χ4n) is 3.69. The number of ketones is 1. The Morgan fingerprint density at radius 1 is 1.00 bits per heavy atom. The predicted octanol–water partition coefficient (Wildman–Crippen LogP) is 4.39. The van der Waals surface area contributed by atoms with E-state index >= 15 is 0 Å². The molecule has 5 rings (SSSR count). The van der Waals surface area contributed by atoms with Crippen molar-refractivity contribution in [3.8, 4) is 17.1 Å². The summed E-state index contributed by atoms with van der Waals surface area (Å²) in [6, 6.07) is 14.0. The van der Waals surface area contributed by atoms with E-state index in [4.69, 9.17) is 0 Å². The first kappa shape index (κ1) is 15.0. The third kappa shape index (κ3) is 1.91. The first-order valence-electron chi connectivity index (χ1n) is 8.35. The zero-order chi connectivity index (χ0) is 18.0. The maximum atomic E-state index is 13.5. The lowest BCUT2D eigenvalue weighted by Gasteiger charge is -2.09. The number of halogens is 1. The average molecular weight is 343 g/mol. The van der Waals surface area contributed by atoms with Gasteiger partial charge in [0.25, 0.3) is 0 Å². The number of benzene rings is 2. The van der Waals surface area contributed by atoms with Crippen molar-refractivity contribution >= 4 is 16.7 Å². The van der Waals surface area contributed by atoms with Gasteiger partial charge in [0, 0.05) is 16.5 Å². The largest absolute Gasteiger partial charge is 0.288 e.